The maximum Gasteiger partial charge on any atom is 0.238 e. The van der Waals surface area contributed by atoms with Crippen LogP contribution in [0.4, 0.5) is 5.69 Å². The van der Waals surface area contributed by atoms with E-state index in [2.05, 4.69) is 25.1 Å². The summed E-state index contributed by atoms with van der Waals surface area (Å²) in [5, 5.41) is 0. The number of ether oxygens (including phenoxy) is 1. The maximum atomic E-state index is 13.2. The molecule has 1 heterocycles. The molecule has 2 saturated carbocycles. The van der Waals surface area contributed by atoms with Gasteiger partial charge in [-0.2, -0.15) is 0 Å². The van der Waals surface area contributed by atoms with Crippen LogP contribution in [0.1, 0.15) is 17.5 Å². The summed E-state index contributed by atoms with van der Waals surface area (Å²) in [5.74, 6) is 2.90. The van der Waals surface area contributed by atoms with Crippen molar-refractivity contribution in [1.82, 2.24) is 0 Å². The van der Waals surface area contributed by atoms with Gasteiger partial charge in [0.15, 0.2) is 0 Å². The first-order valence-electron chi connectivity index (χ1n) is 10.4. The normalized spacial score (nSPS) is 33.7. The fraction of sp³-hybridized carbons (Fsp3) is 0.360. The molecule has 5 aliphatic rings. The molecule has 2 amide bonds. The number of anilines is 1. The molecule has 4 aliphatic carbocycles. The number of rotatable bonds is 3. The summed E-state index contributed by atoms with van der Waals surface area (Å²) in [4.78, 5) is 27.8. The van der Waals surface area contributed by atoms with E-state index < -0.39 is 0 Å². The first-order chi connectivity index (χ1) is 14.0. The average Bonchev–Trinajstić information content (AvgIpc) is 3.50. The van der Waals surface area contributed by atoms with Crippen LogP contribution in [0.2, 0.25) is 0 Å². The van der Waals surface area contributed by atoms with Crippen molar-refractivity contribution in [2.45, 2.75) is 20.3 Å². The van der Waals surface area contributed by atoms with Gasteiger partial charge in [0.2, 0.25) is 11.8 Å². The molecule has 0 radical (unpaired) electrons. The number of hydrogen-bond acceptors (Lipinski definition) is 3. The Hall–Kier alpha value is -2.88. The van der Waals surface area contributed by atoms with Gasteiger partial charge < -0.3 is 4.74 Å². The van der Waals surface area contributed by atoms with E-state index in [9.17, 15) is 9.59 Å². The standard InChI is InChI=1S/C25H23NO3/c1-13-4-3-5-21(14(13)2)29-16-8-6-15(7-9-16)26-24(27)22-17-10-11-18(20-12-19(17)20)23(22)25(26)28/h3-11,17-20,22-23H,12H2,1-2H3/t17-,18+,19-,20-,22-,23+/m0/s1. The minimum atomic E-state index is -0.160. The van der Waals surface area contributed by atoms with E-state index in [4.69, 9.17) is 4.74 Å². The van der Waals surface area contributed by atoms with Crippen LogP contribution in [0.15, 0.2) is 54.6 Å². The van der Waals surface area contributed by atoms with E-state index in [0.717, 1.165) is 11.3 Å². The molecule has 1 aliphatic heterocycles. The first-order valence-corrected chi connectivity index (χ1v) is 10.4. The van der Waals surface area contributed by atoms with Gasteiger partial charge in [0.1, 0.15) is 11.5 Å². The zero-order valence-electron chi connectivity index (χ0n) is 16.5. The third kappa shape index (κ3) is 2.32. The molecule has 2 aromatic carbocycles. The molecule has 0 aromatic heterocycles. The zero-order valence-corrected chi connectivity index (χ0v) is 16.5. The van der Waals surface area contributed by atoms with Crippen LogP contribution in [0.5, 0.6) is 11.5 Å². The van der Waals surface area contributed by atoms with E-state index >= 15 is 0 Å². The highest BCUT2D eigenvalue weighted by atomic mass is 16.5. The third-order valence-corrected chi connectivity index (χ3v) is 7.54. The lowest BCUT2D eigenvalue weighted by Crippen LogP contribution is -2.40. The summed E-state index contributed by atoms with van der Waals surface area (Å²) in [6, 6.07) is 13.3. The fourth-order valence-electron chi connectivity index (χ4n) is 5.84. The zero-order chi connectivity index (χ0) is 19.9. The number of carbonyl (C=O) groups excluding carboxylic acids is 2. The van der Waals surface area contributed by atoms with Crippen LogP contribution in [0.25, 0.3) is 0 Å². The second kappa shape index (κ2) is 5.82. The first kappa shape index (κ1) is 17.0. The van der Waals surface area contributed by atoms with Gasteiger partial charge in [-0.25, -0.2) is 0 Å². The SMILES string of the molecule is Cc1cccc(Oc2ccc(N3C(=O)[C@@H]4[C@@H]5C=C[C@@H]([C@@H]6C[C@@H]56)[C@@H]4C3=O)cc2)c1C. The summed E-state index contributed by atoms with van der Waals surface area (Å²) < 4.78 is 6.02. The molecule has 7 rings (SSSR count). The third-order valence-electron chi connectivity index (χ3n) is 7.54. The van der Waals surface area contributed by atoms with Crippen molar-refractivity contribution < 1.29 is 14.3 Å². The van der Waals surface area contributed by atoms with Crippen LogP contribution in [0.3, 0.4) is 0 Å². The van der Waals surface area contributed by atoms with Gasteiger partial charge in [-0.05, 0) is 85.4 Å². The van der Waals surface area contributed by atoms with Crippen LogP contribution in [-0.2, 0) is 9.59 Å². The average molecular weight is 385 g/mol. The van der Waals surface area contributed by atoms with Gasteiger partial charge in [-0.15, -0.1) is 0 Å². The summed E-state index contributed by atoms with van der Waals surface area (Å²) in [5.41, 5.74) is 2.93. The smallest absolute Gasteiger partial charge is 0.238 e. The quantitative estimate of drug-likeness (QED) is 0.571. The van der Waals surface area contributed by atoms with Crippen LogP contribution >= 0.6 is 0 Å². The molecule has 29 heavy (non-hydrogen) atoms. The Morgan fingerprint density at radius 3 is 2.10 bits per heavy atom. The topological polar surface area (TPSA) is 46.6 Å². The molecule has 4 heteroatoms. The van der Waals surface area contributed by atoms with Crippen molar-refractivity contribution in [3.05, 3.63) is 65.7 Å². The highest BCUT2D eigenvalue weighted by Crippen LogP contribution is 2.65. The molecule has 4 nitrogen and oxygen atoms in total. The minimum Gasteiger partial charge on any atom is -0.457 e. The lowest BCUT2D eigenvalue weighted by atomic mass is 9.63. The van der Waals surface area contributed by atoms with Crippen molar-refractivity contribution in [2.75, 3.05) is 4.90 Å². The summed E-state index contributed by atoms with van der Waals surface area (Å²) in [6.07, 6.45) is 5.59. The van der Waals surface area contributed by atoms with E-state index in [-0.39, 0.29) is 35.5 Å². The Bertz CT molecular complexity index is 1030. The summed E-state index contributed by atoms with van der Waals surface area (Å²) in [6.45, 7) is 4.09. The molecular weight excluding hydrogens is 362 g/mol. The van der Waals surface area contributed by atoms with Gasteiger partial charge in [0, 0.05) is 0 Å². The molecule has 146 valence electrons. The highest BCUT2D eigenvalue weighted by Gasteiger charge is 2.67. The molecule has 2 bridgehead atoms. The van der Waals surface area contributed by atoms with Crippen LogP contribution in [-0.4, -0.2) is 11.8 Å². The molecule has 0 unspecified atom stereocenters. The summed E-state index contributed by atoms with van der Waals surface area (Å²) in [7, 11) is 0. The van der Waals surface area contributed by atoms with Crippen LogP contribution < -0.4 is 9.64 Å². The Labute approximate surface area is 170 Å². The molecule has 3 fully saturated rings. The lowest BCUT2D eigenvalue weighted by molar-refractivity contribution is -0.124. The van der Waals surface area contributed by atoms with Gasteiger partial charge in [-0.3, -0.25) is 14.5 Å². The minimum absolute atomic E-state index is 0.0205. The summed E-state index contributed by atoms with van der Waals surface area (Å²) >= 11 is 0. The van der Waals surface area contributed by atoms with Gasteiger partial charge >= 0.3 is 0 Å². The molecule has 6 atom stereocenters. The number of imide groups is 1. The van der Waals surface area contributed by atoms with Crippen molar-refractivity contribution in [2.24, 2.45) is 35.5 Å². The highest BCUT2D eigenvalue weighted by molar-refractivity contribution is 6.22. The lowest BCUT2D eigenvalue weighted by Gasteiger charge is -2.37. The number of allylic oxidation sites excluding steroid dienone is 2. The number of benzene rings is 2. The largest absolute Gasteiger partial charge is 0.457 e. The molecular formula is C25H23NO3. The van der Waals surface area contributed by atoms with Gasteiger partial charge in [0.05, 0.1) is 17.5 Å². The maximum absolute atomic E-state index is 13.2. The predicted molar refractivity (Wildman–Crippen MR) is 110 cm³/mol. The Kier molecular flexibility index (Phi) is 3.41. The number of carbonyl (C=O) groups is 2. The van der Waals surface area contributed by atoms with E-state index in [1.54, 1.807) is 0 Å². The molecule has 1 saturated heterocycles. The van der Waals surface area contributed by atoms with E-state index in [1.165, 1.54) is 16.9 Å². The number of hydrogen-bond donors (Lipinski definition) is 0. The Morgan fingerprint density at radius 2 is 1.48 bits per heavy atom. The molecule has 0 spiro atoms. The van der Waals surface area contributed by atoms with Crippen molar-refractivity contribution in [3.63, 3.8) is 0 Å². The van der Waals surface area contributed by atoms with E-state index in [1.807, 2.05) is 43.3 Å². The van der Waals surface area contributed by atoms with Crippen molar-refractivity contribution in [1.29, 1.82) is 0 Å². The number of amides is 2. The van der Waals surface area contributed by atoms with Crippen molar-refractivity contribution in [3.8, 4) is 11.5 Å². The fourth-order valence-corrected chi connectivity index (χ4v) is 5.84. The molecule has 0 N–H and O–H groups in total. The van der Waals surface area contributed by atoms with Crippen LogP contribution in [0, 0.1) is 49.4 Å². The van der Waals surface area contributed by atoms with Crippen molar-refractivity contribution >= 4 is 17.5 Å². The van der Waals surface area contributed by atoms with E-state index in [0.29, 0.717) is 23.3 Å². The molecule has 2 aromatic rings. The Balaban J connectivity index is 1.27. The van der Waals surface area contributed by atoms with Gasteiger partial charge in [-0.1, -0.05) is 24.3 Å². The number of nitrogens with zero attached hydrogens (tertiary/aromatic N) is 1. The second-order valence-electron chi connectivity index (χ2n) is 8.96. The number of aryl methyl sites for hydroxylation is 1. The Morgan fingerprint density at radius 1 is 0.862 bits per heavy atom. The monoisotopic (exact) mass is 385 g/mol. The second-order valence-corrected chi connectivity index (χ2v) is 8.96. The predicted octanol–water partition coefficient (Wildman–Crippen LogP) is 4.65. The van der Waals surface area contributed by atoms with Gasteiger partial charge in [0.25, 0.3) is 0 Å².